The van der Waals surface area contributed by atoms with E-state index >= 15 is 8.78 Å². The van der Waals surface area contributed by atoms with Crippen molar-refractivity contribution in [2.75, 3.05) is 0 Å². The van der Waals surface area contributed by atoms with Crippen LogP contribution in [0, 0.1) is 0 Å². The van der Waals surface area contributed by atoms with Gasteiger partial charge in [0.2, 0.25) is 0 Å². The topological polar surface area (TPSA) is 0 Å². The maximum Gasteiger partial charge on any atom is -1.00 e. The third-order valence-corrected chi connectivity index (χ3v) is 28.7. The summed E-state index contributed by atoms with van der Waals surface area (Å²) in [6, 6.07) is 21.0. The minimum atomic E-state index is -2.54. The van der Waals surface area contributed by atoms with E-state index in [0.717, 1.165) is 12.8 Å². The summed E-state index contributed by atoms with van der Waals surface area (Å²) in [5.41, 5.74) is 9.49. The third-order valence-electron chi connectivity index (χ3n) is 9.20. The van der Waals surface area contributed by atoms with Crippen molar-refractivity contribution in [3.63, 3.8) is 0 Å². The zero-order valence-electron chi connectivity index (χ0n) is 25.6. The molecule has 0 fully saturated rings. The van der Waals surface area contributed by atoms with E-state index < -0.39 is 25.8 Å². The average Bonchev–Trinajstić information content (AvgIpc) is 3.40. The Morgan fingerprint density at radius 2 is 0.977 bits per heavy atom. The van der Waals surface area contributed by atoms with Gasteiger partial charge < -0.3 is 24.8 Å². The van der Waals surface area contributed by atoms with Crippen molar-refractivity contribution in [2.24, 2.45) is 0 Å². The first kappa shape index (κ1) is 34.8. The molecule has 4 unspecified atom stereocenters. The quantitative estimate of drug-likeness (QED) is 0.363. The summed E-state index contributed by atoms with van der Waals surface area (Å²) >= 11 is -2.54. The summed E-state index contributed by atoms with van der Waals surface area (Å²) < 4.78 is 31.5. The van der Waals surface area contributed by atoms with Crippen molar-refractivity contribution < 1.29 is 54.0 Å². The zero-order chi connectivity index (χ0) is 29.4. The van der Waals surface area contributed by atoms with Gasteiger partial charge in [0.25, 0.3) is 0 Å². The normalized spacial score (nSPS) is 23.5. The van der Waals surface area contributed by atoms with Crippen molar-refractivity contribution in [3.8, 4) is 0 Å². The third kappa shape index (κ3) is 6.57. The van der Waals surface area contributed by atoms with Crippen molar-refractivity contribution >= 4 is 5.43 Å². The molecule has 4 atom stereocenters. The Morgan fingerprint density at radius 3 is 1.32 bits per heavy atom. The Labute approximate surface area is 281 Å². The molecular formula is C38H38Cl2F2SiZr. The number of benzene rings is 2. The SMILES string of the molecule is CCC1=CC2=C(C=C(F)C=CC2c2ccccc2)[CH]1[Zr+2]([CH]1C(CC)=CC2=C1C=C(F)C=CC2c1ccccc1)=[Si](C)C.[Cl-].[Cl-]. The molecule has 2 aromatic rings. The van der Waals surface area contributed by atoms with Gasteiger partial charge >= 0.3 is 259 Å². The van der Waals surface area contributed by atoms with Crippen LogP contribution < -0.4 is 24.8 Å². The average molecular weight is 723 g/mol. The minimum absolute atomic E-state index is 0. The number of halogens is 4. The van der Waals surface area contributed by atoms with Gasteiger partial charge in [0, 0.05) is 0 Å². The van der Waals surface area contributed by atoms with Crippen LogP contribution in [0.1, 0.15) is 49.7 Å². The van der Waals surface area contributed by atoms with E-state index in [2.05, 4.69) is 87.6 Å². The molecule has 0 aliphatic heterocycles. The van der Waals surface area contributed by atoms with E-state index in [0.29, 0.717) is 7.25 Å². The molecule has 0 saturated carbocycles. The molecule has 0 aromatic heterocycles. The van der Waals surface area contributed by atoms with E-state index in [9.17, 15) is 0 Å². The van der Waals surface area contributed by atoms with Gasteiger partial charge in [-0.2, -0.15) is 0 Å². The van der Waals surface area contributed by atoms with E-state index in [1.54, 1.807) is 12.2 Å². The van der Waals surface area contributed by atoms with Crippen LogP contribution in [0.3, 0.4) is 0 Å². The van der Waals surface area contributed by atoms with Gasteiger partial charge in [-0.25, -0.2) is 0 Å². The summed E-state index contributed by atoms with van der Waals surface area (Å²) in [5.74, 6) is -0.251. The van der Waals surface area contributed by atoms with Gasteiger partial charge in [0.05, 0.1) is 0 Å². The van der Waals surface area contributed by atoms with Crippen LogP contribution in [0.15, 0.2) is 154 Å². The van der Waals surface area contributed by atoms with Gasteiger partial charge in [0.15, 0.2) is 0 Å². The maximum absolute atomic E-state index is 15.4. The number of hydrogen-bond acceptors (Lipinski definition) is 0. The molecule has 2 aromatic carbocycles. The van der Waals surface area contributed by atoms with E-state index in [4.69, 9.17) is 0 Å². The van der Waals surface area contributed by atoms with Crippen LogP contribution in [0.25, 0.3) is 0 Å². The summed E-state index contributed by atoms with van der Waals surface area (Å²) in [4.78, 5) is 0. The van der Waals surface area contributed by atoms with Gasteiger partial charge in [-0.3, -0.25) is 0 Å². The Kier molecular flexibility index (Phi) is 11.8. The van der Waals surface area contributed by atoms with Gasteiger partial charge in [-0.15, -0.1) is 0 Å². The van der Waals surface area contributed by atoms with Crippen LogP contribution in [0.4, 0.5) is 8.78 Å². The molecular weight excluding hydrogens is 685 g/mol. The standard InChI is InChI=1S/2C18H16F.C2H6Si.2ClH.Zr/c2*1-2-13-10-15-12-16(19)8-9-17(18(15)11-13)14-6-4-3-5-7-14;1-3-2;;;/h2*3-12,17H,2H2,1H3;1-2H3;2*1H;/q;;;;;+2/p-2. The largest absolute Gasteiger partial charge is 1.00 e. The molecule has 4 aliphatic carbocycles. The second kappa shape index (κ2) is 15.0. The fourth-order valence-electron chi connectivity index (χ4n) is 7.31. The first-order valence-electron chi connectivity index (χ1n) is 15.2. The van der Waals surface area contributed by atoms with E-state index in [-0.39, 0.29) is 48.3 Å². The molecule has 0 amide bonds. The summed E-state index contributed by atoms with van der Waals surface area (Å²) in [6.45, 7) is 9.47. The van der Waals surface area contributed by atoms with E-state index in [1.807, 2.05) is 36.4 Å². The van der Waals surface area contributed by atoms with Crippen LogP contribution in [-0.2, 0) is 20.4 Å². The number of rotatable bonds is 6. The second-order valence-electron chi connectivity index (χ2n) is 11.8. The molecule has 0 saturated heterocycles. The van der Waals surface area contributed by atoms with Gasteiger partial charge in [-0.05, 0) is 0 Å². The van der Waals surface area contributed by atoms with Crippen LogP contribution in [0.5, 0.6) is 0 Å². The monoisotopic (exact) mass is 720 g/mol. The minimum Gasteiger partial charge on any atom is -1.00 e. The first-order chi connectivity index (χ1) is 20.4. The molecule has 4 aliphatic rings. The smallest absolute Gasteiger partial charge is 1.00 e. The molecule has 0 heterocycles. The Bertz CT molecular complexity index is 1570. The Morgan fingerprint density at radius 1 is 0.591 bits per heavy atom. The van der Waals surface area contributed by atoms with Crippen molar-refractivity contribution in [3.05, 3.63) is 165 Å². The van der Waals surface area contributed by atoms with Crippen LogP contribution >= 0.6 is 0 Å². The fraction of sp³-hybridized carbons (Fsp3) is 0.263. The summed E-state index contributed by atoms with van der Waals surface area (Å²) in [5, 5.41) is 0. The van der Waals surface area contributed by atoms with E-state index in [1.165, 1.54) is 44.6 Å². The fourth-order valence-corrected chi connectivity index (χ4v) is 28.1. The molecule has 0 radical (unpaired) electrons. The molecule has 0 N–H and O–H groups in total. The van der Waals surface area contributed by atoms with Gasteiger partial charge in [-0.1, -0.05) is 0 Å². The summed E-state index contributed by atoms with van der Waals surface area (Å²) in [7, 11) is 0. The number of hydrogen-bond donors (Lipinski definition) is 0. The molecule has 226 valence electrons. The Balaban J connectivity index is 0.00000221. The Hall–Kier alpha value is -2.10. The second-order valence-corrected chi connectivity index (χ2v) is 29.7. The molecule has 0 bridgehead atoms. The first-order valence-corrected chi connectivity index (χ1v) is 24.2. The molecule has 0 nitrogen and oxygen atoms in total. The van der Waals surface area contributed by atoms with Crippen LogP contribution in [0.2, 0.25) is 20.3 Å². The van der Waals surface area contributed by atoms with Crippen LogP contribution in [-0.4, -0.2) is 5.43 Å². The predicted octanol–water partition coefficient (Wildman–Crippen LogP) is 5.15. The zero-order valence-corrected chi connectivity index (χ0v) is 30.6. The van der Waals surface area contributed by atoms with Crippen molar-refractivity contribution in [1.29, 1.82) is 0 Å². The number of allylic oxidation sites excluding steroid dienone is 16. The molecule has 0 spiro atoms. The summed E-state index contributed by atoms with van der Waals surface area (Å²) in [6.07, 6.45) is 17.8. The van der Waals surface area contributed by atoms with Gasteiger partial charge in [0.1, 0.15) is 0 Å². The van der Waals surface area contributed by atoms with Crippen molar-refractivity contribution in [2.45, 2.75) is 58.9 Å². The molecule has 6 heteroatoms. The molecule has 6 rings (SSSR count). The predicted molar refractivity (Wildman–Crippen MR) is 171 cm³/mol. The molecule has 44 heavy (non-hydrogen) atoms. The maximum atomic E-state index is 15.4. The van der Waals surface area contributed by atoms with Crippen molar-refractivity contribution in [1.82, 2.24) is 0 Å².